The lowest BCUT2D eigenvalue weighted by Gasteiger charge is -2.13. The van der Waals surface area contributed by atoms with Gasteiger partial charge in [0.05, 0.1) is 5.56 Å². The summed E-state index contributed by atoms with van der Waals surface area (Å²) in [6.07, 6.45) is 2.28. The first-order chi connectivity index (χ1) is 16.8. The van der Waals surface area contributed by atoms with Gasteiger partial charge in [-0.05, 0) is 50.2 Å². The molecule has 180 valence electrons. The number of Topliss-reactive ketones (excluding diaryl/α,β-unsaturated/α-hetero) is 1. The number of carbonyl (C=O) groups excluding carboxylic acids is 3. The van der Waals surface area contributed by atoms with Crippen LogP contribution in [0.25, 0.3) is 0 Å². The first-order valence-corrected chi connectivity index (χ1v) is 11.1. The number of esters is 2. The highest BCUT2D eigenvalue weighted by Crippen LogP contribution is 2.55. The van der Waals surface area contributed by atoms with Crippen molar-refractivity contribution < 1.29 is 32.6 Å². The molecule has 0 spiro atoms. The number of carbonyl (C=O) groups is 3. The van der Waals surface area contributed by atoms with Crippen LogP contribution in [-0.2, 0) is 21.6 Å². The second-order valence-electron chi connectivity index (χ2n) is 9.11. The van der Waals surface area contributed by atoms with E-state index in [2.05, 4.69) is 20.4 Å². The molecule has 3 aromatic heterocycles. The predicted octanol–water partition coefficient (Wildman–Crippen LogP) is 3.00. The molecule has 2 atom stereocenters. The van der Waals surface area contributed by atoms with Gasteiger partial charge in [-0.3, -0.25) is 14.9 Å². The zero-order valence-electron chi connectivity index (χ0n) is 18.5. The molecule has 4 heterocycles. The van der Waals surface area contributed by atoms with Crippen molar-refractivity contribution in [3.8, 4) is 5.75 Å². The lowest BCUT2D eigenvalue weighted by molar-refractivity contribution is -0.146. The molecule has 3 aliphatic rings. The van der Waals surface area contributed by atoms with E-state index in [1.807, 2.05) is 0 Å². The lowest BCUT2D eigenvalue weighted by Crippen LogP contribution is -2.26. The zero-order chi connectivity index (χ0) is 24.5. The number of nitrogens with one attached hydrogen (secondary N) is 1. The fourth-order valence-corrected chi connectivity index (χ4v) is 4.95. The van der Waals surface area contributed by atoms with E-state index in [4.69, 9.17) is 9.47 Å². The summed E-state index contributed by atoms with van der Waals surface area (Å²) < 4.78 is 38.7. The number of pyridine rings is 1. The van der Waals surface area contributed by atoms with Crippen LogP contribution in [0.2, 0.25) is 0 Å². The Morgan fingerprint density at radius 2 is 2.09 bits per heavy atom. The van der Waals surface area contributed by atoms with E-state index in [0.29, 0.717) is 36.2 Å². The molecule has 0 aromatic carbocycles. The molecule has 12 heteroatoms. The molecule has 2 saturated carbocycles. The summed E-state index contributed by atoms with van der Waals surface area (Å²) in [5.41, 5.74) is 0.114. The minimum atomic E-state index is -2.82. The molecule has 0 unspecified atom stereocenters. The topological polar surface area (TPSA) is 129 Å². The molecule has 0 bridgehead atoms. The van der Waals surface area contributed by atoms with Gasteiger partial charge in [0, 0.05) is 30.2 Å². The first kappa shape index (κ1) is 21.6. The number of aromatic nitrogens is 5. The van der Waals surface area contributed by atoms with Gasteiger partial charge in [0.2, 0.25) is 0 Å². The van der Waals surface area contributed by atoms with Crippen molar-refractivity contribution in [1.29, 1.82) is 0 Å². The summed E-state index contributed by atoms with van der Waals surface area (Å²) in [6.45, 7) is 1.57. The number of fused-ring (bicyclic) bond motifs is 3. The Morgan fingerprint density at radius 3 is 2.77 bits per heavy atom. The monoisotopic (exact) mass is 483 g/mol. The molecule has 1 N–H and O–H groups in total. The van der Waals surface area contributed by atoms with Gasteiger partial charge in [-0.1, -0.05) is 5.21 Å². The average molecular weight is 483 g/mol. The van der Waals surface area contributed by atoms with Crippen LogP contribution in [0.4, 0.5) is 8.78 Å². The van der Waals surface area contributed by atoms with Crippen molar-refractivity contribution in [2.45, 2.75) is 50.7 Å². The molecule has 0 amide bonds. The van der Waals surface area contributed by atoms with Crippen molar-refractivity contribution in [1.82, 2.24) is 25.0 Å². The van der Waals surface area contributed by atoms with Crippen molar-refractivity contribution >= 4 is 17.7 Å². The second-order valence-corrected chi connectivity index (χ2v) is 9.11. The molecule has 10 nitrogen and oxygen atoms in total. The molecule has 2 aliphatic carbocycles. The number of ketones is 1. The van der Waals surface area contributed by atoms with Crippen LogP contribution in [-0.4, -0.2) is 42.7 Å². The predicted molar refractivity (Wildman–Crippen MR) is 112 cm³/mol. The number of hydrogen-bond acceptors (Lipinski definition) is 8. The molecular weight excluding hydrogens is 464 g/mol. The molecule has 3 aromatic rings. The number of nitrogens with zero attached hydrogens (tertiary/aromatic N) is 4. The number of rotatable bonds is 7. The van der Waals surface area contributed by atoms with Crippen molar-refractivity contribution in [2.75, 3.05) is 0 Å². The van der Waals surface area contributed by atoms with Crippen molar-refractivity contribution in [2.24, 2.45) is 5.92 Å². The summed E-state index contributed by atoms with van der Waals surface area (Å²) in [5.74, 6) is -2.48. The van der Waals surface area contributed by atoms with Crippen LogP contribution >= 0.6 is 0 Å². The molecule has 0 radical (unpaired) electrons. The number of alkyl halides is 2. The van der Waals surface area contributed by atoms with Gasteiger partial charge in [0.1, 0.15) is 22.8 Å². The Kier molecular flexibility index (Phi) is 4.63. The van der Waals surface area contributed by atoms with E-state index in [1.165, 1.54) is 12.3 Å². The molecular formula is C23H19F2N5O5. The quantitative estimate of drug-likeness (QED) is 0.309. The van der Waals surface area contributed by atoms with E-state index in [1.54, 1.807) is 11.5 Å². The van der Waals surface area contributed by atoms with Gasteiger partial charge in [0.15, 0.2) is 5.60 Å². The van der Waals surface area contributed by atoms with Gasteiger partial charge in [-0.2, -0.15) is 0 Å². The van der Waals surface area contributed by atoms with E-state index >= 15 is 0 Å². The van der Waals surface area contributed by atoms with Gasteiger partial charge >= 0.3 is 11.9 Å². The minimum absolute atomic E-state index is 0.0304. The SMILES string of the molecule is Cc1c(C(=O)C(=O)OC2(c3c[nH]nn3)CC2)c2n(c1C(=O)Oc1ccnc(C(F)F)c1)[C@@H]1C[C@@H]1C2. The van der Waals surface area contributed by atoms with E-state index in [0.717, 1.165) is 18.7 Å². The van der Waals surface area contributed by atoms with Crippen molar-refractivity contribution in [3.05, 3.63) is 58.4 Å². The second kappa shape index (κ2) is 7.52. The van der Waals surface area contributed by atoms with Crippen molar-refractivity contribution in [3.63, 3.8) is 0 Å². The van der Waals surface area contributed by atoms with Crippen LogP contribution in [0.15, 0.2) is 24.5 Å². The smallest absolute Gasteiger partial charge is 0.380 e. The van der Waals surface area contributed by atoms with Crippen LogP contribution in [0.5, 0.6) is 5.75 Å². The molecule has 6 rings (SSSR count). The number of aromatic amines is 1. The lowest BCUT2D eigenvalue weighted by atomic mass is 10.0. The first-order valence-electron chi connectivity index (χ1n) is 11.1. The highest BCUT2D eigenvalue weighted by atomic mass is 19.3. The Labute approximate surface area is 196 Å². The van der Waals surface area contributed by atoms with Gasteiger partial charge in [-0.15, -0.1) is 5.10 Å². The number of hydrogen-bond donors (Lipinski definition) is 1. The maximum absolute atomic E-state index is 13.3. The van der Waals surface area contributed by atoms with Crippen LogP contribution < -0.4 is 4.74 Å². The largest absolute Gasteiger partial charge is 0.446 e. The van der Waals surface area contributed by atoms with Crippen LogP contribution in [0.1, 0.15) is 75.2 Å². The van der Waals surface area contributed by atoms with Gasteiger partial charge in [0.25, 0.3) is 12.2 Å². The fraction of sp³-hybridized carbons (Fsp3) is 0.391. The molecule has 2 fully saturated rings. The summed E-state index contributed by atoms with van der Waals surface area (Å²) in [5, 5.41) is 10.1. The van der Waals surface area contributed by atoms with E-state index < -0.39 is 35.4 Å². The summed E-state index contributed by atoms with van der Waals surface area (Å²) in [7, 11) is 0. The summed E-state index contributed by atoms with van der Waals surface area (Å²) in [6, 6.07) is 2.33. The zero-order valence-corrected chi connectivity index (χ0v) is 18.5. The average Bonchev–Trinajstić information content (AvgIpc) is 3.61. The van der Waals surface area contributed by atoms with Crippen LogP contribution in [0.3, 0.4) is 0 Å². The number of ether oxygens (including phenoxy) is 2. The fourth-order valence-electron chi connectivity index (χ4n) is 4.95. The molecule has 1 aliphatic heterocycles. The van der Waals surface area contributed by atoms with E-state index in [9.17, 15) is 23.2 Å². The maximum atomic E-state index is 13.3. The third kappa shape index (κ3) is 3.43. The molecule has 0 saturated heterocycles. The Balaban J connectivity index is 1.30. The summed E-state index contributed by atoms with van der Waals surface area (Å²) >= 11 is 0. The van der Waals surface area contributed by atoms with Crippen LogP contribution in [0, 0.1) is 12.8 Å². The third-order valence-corrected chi connectivity index (χ3v) is 6.89. The number of H-pyrrole nitrogens is 1. The Hall–Kier alpha value is -3.96. The standard InChI is InChI=1S/C23H19F2N5O5/c1-10-17(19(31)22(33)35-23(3-4-23)16-9-27-29-28-16)15-7-11-6-14(11)30(15)18(10)21(32)34-12-2-5-26-13(8-12)20(24)25/h2,5,8-9,11,14,20H,3-4,6-7H2,1H3,(H,27,28,29)/t11-,14-/m1/s1. The van der Waals surface area contributed by atoms with Gasteiger partial charge < -0.3 is 14.0 Å². The Morgan fingerprint density at radius 1 is 1.29 bits per heavy atom. The van der Waals surface area contributed by atoms with Gasteiger partial charge in [-0.25, -0.2) is 18.4 Å². The normalized spacial score (nSPS) is 20.8. The summed E-state index contributed by atoms with van der Waals surface area (Å²) in [4.78, 5) is 42.8. The molecule has 35 heavy (non-hydrogen) atoms. The van der Waals surface area contributed by atoms with E-state index in [-0.39, 0.29) is 29.0 Å². The highest BCUT2D eigenvalue weighted by molar-refractivity contribution is 6.41. The highest BCUT2D eigenvalue weighted by Gasteiger charge is 2.54. The maximum Gasteiger partial charge on any atom is 0.380 e. The minimum Gasteiger partial charge on any atom is -0.446 e. The third-order valence-electron chi connectivity index (χ3n) is 6.89. The number of halogens is 2. The Bertz CT molecular complexity index is 1380.